The summed E-state index contributed by atoms with van der Waals surface area (Å²) in [7, 11) is 0. The molecule has 0 atom stereocenters. The van der Waals surface area contributed by atoms with Crippen molar-refractivity contribution in [1.82, 2.24) is 15.5 Å². The zero-order chi connectivity index (χ0) is 13.1. The van der Waals surface area contributed by atoms with Gasteiger partial charge in [-0.15, -0.1) is 10.2 Å². The van der Waals surface area contributed by atoms with Gasteiger partial charge in [-0.2, -0.15) is 0 Å². The summed E-state index contributed by atoms with van der Waals surface area (Å²) in [6.07, 6.45) is 1.89. The lowest BCUT2D eigenvalue weighted by Crippen LogP contribution is -2.47. The molecule has 1 fully saturated rings. The molecule has 1 aliphatic rings. The van der Waals surface area contributed by atoms with Crippen LogP contribution in [0, 0.1) is 0 Å². The van der Waals surface area contributed by atoms with Crippen molar-refractivity contribution in [3.05, 3.63) is 21.9 Å². The van der Waals surface area contributed by atoms with Gasteiger partial charge in [-0.1, -0.05) is 23.2 Å². The maximum atomic E-state index is 11.9. The van der Waals surface area contributed by atoms with Crippen molar-refractivity contribution in [3.8, 4) is 0 Å². The van der Waals surface area contributed by atoms with E-state index in [-0.39, 0.29) is 33.9 Å². The van der Waals surface area contributed by atoms with Gasteiger partial charge in [0.2, 0.25) is 0 Å². The number of halogens is 2. The molecule has 0 saturated heterocycles. The fraction of sp³-hybridized carbons (Fsp3) is 0.545. The predicted octanol–water partition coefficient (Wildman–Crippen LogP) is 2.08. The van der Waals surface area contributed by atoms with Crippen LogP contribution in [-0.2, 0) is 4.74 Å². The maximum absolute atomic E-state index is 11.9. The summed E-state index contributed by atoms with van der Waals surface area (Å²) in [5.41, 5.74) is 0.247. The molecular weight excluding hydrogens is 277 g/mol. The van der Waals surface area contributed by atoms with Gasteiger partial charge in [0.15, 0.2) is 10.3 Å². The van der Waals surface area contributed by atoms with Crippen molar-refractivity contribution in [1.29, 1.82) is 0 Å². The molecule has 18 heavy (non-hydrogen) atoms. The molecule has 1 amide bonds. The molecule has 1 aromatic heterocycles. The number of carbonyl (C=O) groups excluding carboxylic acids is 1. The topological polar surface area (TPSA) is 64.1 Å². The number of hydrogen-bond acceptors (Lipinski definition) is 4. The lowest BCUT2D eigenvalue weighted by Gasteiger charge is -2.35. The van der Waals surface area contributed by atoms with Gasteiger partial charge in [0, 0.05) is 12.6 Å². The molecule has 0 unspecified atom stereocenters. The lowest BCUT2D eigenvalue weighted by molar-refractivity contribution is -0.00862. The highest BCUT2D eigenvalue weighted by atomic mass is 35.5. The Bertz CT molecular complexity index is 450. The highest BCUT2D eigenvalue weighted by Gasteiger charge is 2.31. The van der Waals surface area contributed by atoms with E-state index in [0.29, 0.717) is 6.61 Å². The van der Waals surface area contributed by atoms with E-state index in [0.717, 1.165) is 12.8 Å². The van der Waals surface area contributed by atoms with E-state index in [1.807, 2.05) is 6.92 Å². The van der Waals surface area contributed by atoms with Gasteiger partial charge in [0.1, 0.15) is 0 Å². The number of amides is 1. The number of nitrogens with zero attached hydrogens (tertiary/aromatic N) is 2. The van der Waals surface area contributed by atoms with Gasteiger partial charge in [-0.05, 0) is 25.8 Å². The Morgan fingerprint density at radius 2 is 2.22 bits per heavy atom. The van der Waals surface area contributed by atoms with E-state index in [9.17, 15) is 4.79 Å². The first kappa shape index (κ1) is 13.5. The average molecular weight is 290 g/mol. The van der Waals surface area contributed by atoms with Crippen molar-refractivity contribution in [2.45, 2.75) is 31.9 Å². The van der Waals surface area contributed by atoms with Gasteiger partial charge < -0.3 is 10.1 Å². The first-order chi connectivity index (χ1) is 8.60. The zero-order valence-electron chi connectivity index (χ0n) is 9.82. The minimum Gasteiger partial charge on any atom is -0.378 e. The Labute approximate surface area is 115 Å². The number of carbonyl (C=O) groups is 1. The minimum absolute atomic E-state index is 0.0533. The van der Waals surface area contributed by atoms with Crippen LogP contribution in [0.3, 0.4) is 0 Å². The van der Waals surface area contributed by atoms with Crippen LogP contribution < -0.4 is 5.32 Å². The molecule has 0 aliphatic heterocycles. The second kappa shape index (κ2) is 5.82. The first-order valence-electron chi connectivity index (χ1n) is 5.71. The van der Waals surface area contributed by atoms with Crippen molar-refractivity contribution in [2.24, 2.45) is 0 Å². The van der Waals surface area contributed by atoms with Crippen molar-refractivity contribution >= 4 is 29.1 Å². The van der Waals surface area contributed by atoms with E-state index in [1.54, 1.807) is 0 Å². The van der Waals surface area contributed by atoms with Crippen LogP contribution in [0.2, 0.25) is 10.3 Å². The van der Waals surface area contributed by atoms with Gasteiger partial charge in [-0.3, -0.25) is 4.79 Å². The Hall–Kier alpha value is -0.910. The molecule has 0 aromatic carbocycles. The van der Waals surface area contributed by atoms with E-state index in [1.165, 1.54) is 6.07 Å². The average Bonchev–Trinajstić information content (AvgIpc) is 2.29. The van der Waals surface area contributed by atoms with Crippen molar-refractivity contribution in [3.63, 3.8) is 0 Å². The van der Waals surface area contributed by atoms with Crippen LogP contribution in [-0.4, -0.2) is 34.9 Å². The summed E-state index contributed by atoms with van der Waals surface area (Å²) in [6.45, 7) is 2.65. The predicted molar refractivity (Wildman–Crippen MR) is 68.0 cm³/mol. The van der Waals surface area contributed by atoms with E-state index >= 15 is 0 Å². The van der Waals surface area contributed by atoms with Crippen molar-refractivity contribution in [2.75, 3.05) is 6.61 Å². The molecule has 98 valence electrons. The van der Waals surface area contributed by atoms with Gasteiger partial charge in [-0.25, -0.2) is 0 Å². The van der Waals surface area contributed by atoms with Crippen LogP contribution in [0.15, 0.2) is 6.07 Å². The van der Waals surface area contributed by atoms with Crippen molar-refractivity contribution < 1.29 is 9.53 Å². The molecule has 0 bridgehead atoms. The molecular formula is C11H13Cl2N3O2. The molecule has 1 aliphatic carbocycles. The molecule has 1 aromatic rings. The number of aromatic nitrogens is 2. The quantitative estimate of drug-likeness (QED) is 0.922. The molecule has 1 heterocycles. The first-order valence-corrected chi connectivity index (χ1v) is 6.47. The molecule has 0 spiro atoms. The fourth-order valence-corrected chi connectivity index (χ4v) is 2.16. The van der Waals surface area contributed by atoms with Crippen LogP contribution in [0.25, 0.3) is 0 Å². The third kappa shape index (κ3) is 3.10. The lowest BCUT2D eigenvalue weighted by atomic mass is 9.89. The molecule has 1 N–H and O–H groups in total. The van der Waals surface area contributed by atoms with Crippen LogP contribution in [0.4, 0.5) is 0 Å². The molecule has 0 radical (unpaired) electrons. The monoisotopic (exact) mass is 289 g/mol. The Balaban J connectivity index is 1.91. The normalized spacial score (nSPS) is 22.4. The summed E-state index contributed by atoms with van der Waals surface area (Å²) >= 11 is 11.5. The fourth-order valence-electron chi connectivity index (χ4n) is 1.83. The highest BCUT2D eigenvalue weighted by Crippen LogP contribution is 2.24. The van der Waals surface area contributed by atoms with Gasteiger partial charge >= 0.3 is 0 Å². The van der Waals surface area contributed by atoms with E-state index in [4.69, 9.17) is 27.9 Å². The minimum atomic E-state index is -0.281. The van der Waals surface area contributed by atoms with Gasteiger partial charge in [0.05, 0.1) is 11.7 Å². The SMILES string of the molecule is CCOC1CC(NC(=O)c2cc(Cl)nnc2Cl)C1. The molecule has 2 rings (SSSR count). The number of hydrogen-bond donors (Lipinski definition) is 1. The third-order valence-corrected chi connectivity index (χ3v) is 3.26. The maximum Gasteiger partial charge on any atom is 0.254 e. The second-order valence-corrected chi connectivity index (χ2v) is 4.84. The summed E-state index contributed by atoms with van der Waals surface area (Å²) < 4.78 is 5.42. The van der Waals surface area contributed by atoms with E-state index in [2.05, 4.69) is 15.5 Å². The standard InChI is InChI=1S/C11H13Cl2N3O2/c1-2-18-7-3-6(4-7)14-11(17)8-5-9(12)15-16-10(8)13/h5-7H,2-4H2,1H3,(H,14,17). The number of ether oxygens (including phenoxy) is 1. The largest absolute Gasteiger partial charge is 0.378 e. The Morgan fingerprint density at radius 1 is 1.50 bits per heavy atom. The molecule has 7 heteroatoms. The van der Waals surface area contributed by atoms with Crippen LogP contribution in [0.5, 0.6) is 0 Å². The zero-order valence-corrected chi connectivity index (χ0v) is 11.3. The summed E-state index contributed by atoms with van der Waals surface area (Å²) in [6, 6.07) is 1.53. The summed E-state index contributed by atoms with van der Waals surface area (Å²) in [4.78, 5) is 11.9. The number of rotatable bonds is 4. The van der Waals surface area contributed by atoms with Crippen LogP contribution >= 0.6 is 23.2 Å². The smallest absolute Gasteiger partial charge is 0.254 e. The number of nitrogens with one attached hydrogen (secondary N) is 1. The second-order valence-electron chi connectivity index (χ2n) is 4.09. The summed E-state index contributed by atoms with van der Waals surface area (Å²) in [5, 5.41) is 10.2. The Morgan fingerprint density at radius 3 is 2.89 bits per heavy atom. The molecule has 1 saturated carbocycles. The Kier molecular flexibility index (Phi) is 4.37. The van der Waals surface area contributed by atoms with Gasteiger partial charge in [0.25, 0.3) is 5.91 Å². The summed E-state index contributed by atoms with van der Waals surface area (Å²) in [5.74, 6) is -0.281. The molecule has 5 nitrogen and oxygen atoms in total. The highest BCUT2D eigenvalue weighted by molar-refractivity contribution is 6.34. The van der Waals surface area contributed by atoms with E-state index < -0.39 is 0 Å². The third-order valence-electron chi connectivity index (χ3n) is 2.80. The van der Waals surface area contributed by atoms with Crippen LogP contribution in [0.1, 0.15) is 30.1 Å².